The molecule has 6 aliphatic rings. The molecule has 0 aromatic carbocycles. The van der Waals surface area contributed by atoms with Crippen LogP contribution >= 0.6 is 23.2 Å². The number of fused-ring (bicyclic) bond motifs is 4. The van der Waals surface area contributed by atoms with Crippen LogP contribution in [0.25, 0.3) is 11.2 Å². The van der Waals surface area contributed by atoms with Crippen molar-refractivity contribution in [3.05, 3.63) is 29.3 Å². The van der Waals surface area contributed by atoms with Gasteiger partial charge in [-0.2, -0.15) is 0 Å². The maximum absolute atomic E-state index is 15.8. The summed E-state index contributed by atoms with van der Waals surface area (Å²) >= 11 is 12.2. The molecule has 6 aliphatic carbocycles. The summed E-state index contributed by atoms with van der Waals surface area (Å²) in [6.45, 7) is 44.2. The van der Waals surface area contributed by atoms with Gasteiger partial charge in [-0.3, -0.25) is 9.59 Å². The van der Waals surface area contributed by atoms with Crippen molar-refractivity contribution in [2.75, 3.05) is 23.8 Å². The van der Waals surface area contributed by atoms with Crippen LogP contribution < -0.4 is 16.4 Å². The van der Waals surface area contributed by atoms with Crippen molar-refractivity contribution in [2.24, 2.45) is 39.7 Å². The van der Waals surface area contributed by atoms with Crippen molar-refractivity contribution in [1.82, 2.24) is 29.5 Å². The number of esters is 1. The number of halogens is 5. The third-order valence-electron chi connectivity index (χ3n) is 20.9. The predicted octanol–water partition coefficient (Wildman–Crippen LogP) is 14.2. The Kier molecular flexibility index (Phi) is 21.7. The lowest BCUT2D eigenvalue weighted by Crippen LogP contribution is -2.49. The lowest BCUT2D eigenvalue weighted by molar-refractivity contribution is -0.271. The first kappa shape index (κ1) is 70.2. The number of alkyl halides is 3. The molecular formula is C59H100Cl2F3N9O8Si3. The van der Waals surface area contributed by atoms with E-state index in [1.54, 1.807) is 20.2 Å². The fraction of sp³-hybridized carbons (Fsp3) is 0.814. The third-order valence-corrected chi connectivity index (χ3v) is 34.8. The van der Waals surface area contributed by atoms with E-state index in [0.29, 0.717) is 47.7 Å². The van der Waals surface area contributed by atoms with Crippen LogP contribution in [0.5, 0.6) is 0 Å². The summed E-state index contributed by atoms with van der Waals surface area (Å²) in [4.78, 5) is 42.0. The molecule has 476 valence electrons. The first-order valence-electron chi connectivity index (χ1n) is 30.2. The number of ether oxygens (including phenoxy) is 3. The summed E-state index contributed by atoms with van der Waals surface area (Å²) in [5.41, 5.74) is 7.24. The van der Waals surface area contributed by atoms with Crippen LogP contribution in [0.1, 0.15) is 148 Å². The number of imidazole rings is 1. The fourth-order valence-corrected chi connectivity index (χ4v) is 16.9. The molecule has 6 fully saturated rings. The van der Waals surface area contributed by atoms with E-state index in [1.165, 1.54) is 19.6 Å². The van der Waals surface area contributed by atoms with Crippen LogP contribution in [0.2, 0.25) is 64.7 Å². The second kappa shape index (κ2) is 25.9. The summed E-state index contributed by atoms with van der Waals surface area (Å²) < 4.78 is 81.9. The van der Waals surface area contributed by atoms with Crippen LogP contribution in [0.15, 0.2) is 19.0 Å². The molecule has 0 aliphatic heterocycles. The molecule has 1 amide bonds. The number of aromatic nitrogens is 6. The Morgan fingerprint density at radius 1 is 0.690 bits per heavy atom. The summed E-state index contributed by atoms with van der Waals surface area (Å²) in [7, 11) is -6.11. The molecular weight excluding hydrogens is 1170 g/mol. The minimum absolute atomic E-state index is 0.0127. The van der Waals surface area contributed by atoms with Crippen LogP contribution in [-0.2, 0) is 37.1 Å². The lowest BCUT2D eigenvalue weighted by atomic mass is 9.97. The van der Waals surface area contributed by atoms with E-state index in [2.05, 4.69) is 163 Å². The van der Waals surface area contributed by atoms with Gasteiger partial charge in [0.05, 0.1) is 49.9 Å². The highest BCUT2D eigenvalue weighted by Gasteiger charge is 2.74. The number of nitrogens with two attached hydrogens (primary N) is 1. The van der Waals surface area contributed by atoms with Crippen molar-refractivity contribution < 1.29 is 50.2 Å². The van der Waals surface area contributed by atoms with Crippen molar-refractivity contribution in [2.45, 2.75) is 258 Å². The van der Waals surface area contributed by atoms with Crippen LogP contribution in [-0.4, -0.2) is 135 Å². The standard InChI is InChI=1S/C19H30ClFN4O2Si.C19H28ClFN4OSi.C14H28FNOSi.C7H14O4/c1-7-19-8-11(19)13(12(21)15(19)27-28(5,6)18(2,3)4)25-17-14(24-10-26)16(20)22-9-23-17;1-7-19-8-11(19)14(12(21)15(19)26-27(5,6)18(2,3)4)25-10-24-13-16(20)22-9-23-17(13)25;1-7-14-8-9(14)11(16)10(15)12(14)17-18(5,6)13(2,3)4;1-4-9-7(10-5-2)11-6(3)8/h9-13,15H,7-8H2,1-6H3,(H,24,26)(H,22,23,25);9-12,14-15H,7-8H2,1-6H3;9-12H,7-8,16H2,1-6H3;7H,4-5H2,1-3H3/t11-,12+,13-,15+,19-;11-,12+,14-,15+,19-;9-,10+,11-,12+,14-;/m111./s1. The fourth-order valence-electron chi connectivity index (χ4n) is 12.4. The average Bonchev–Trinajstić information content (AvgIpc) is 1.56. The molecule has 0 radical (unpaired) electrons. The van der Waals surface area contributed by atoms with Gasteiger partial charge in [0.25, 0.3) is 0 Å². The Morgan fingerprint density at radius 3 is 1.61 bits per heavy atom. The lowest BCUT2D eigenvalue weighted by Gasteiger charge is -2.41. The van der Waals surface area contributed by atoms with Gasteiger partial charge in [0.2, 0.25) is 6.41 Å². The van der Waals surface area contributed by atoms with Crippen molar-refractivity contribution >= 4 is 83.2 Å². The van der Waals surface area contributed by atoms with Crippen molar-refractivity contribution in [1.29, 1.82) is 0 Å². The minimum atomic E-state index is -2.12. The Labute approximate surface area is 511 Å². The summed E-state index contributed by atoms with van der Waals surface area (Å²) in [6, 6.07) is -1.05. The normalized spacial score (nSPS) is 32.2. The molecule has 0 bridgehead atoms. The van der Waals surface area contributed by atoms with Gasteiger partial charge in [0, 0.05) is 29.2 Å². The van der Waals surface area contributed by atoms with Crippen LogP contribution in [0.4, 0.5) is 24.7 Å². The maximum atomic E-state index is 15.8. The number of nitrogens with one attached hydrogen (secondary N) is 2. The van der Waals surface area contributed by atoms with Gasteiger partial charge in [0.1, 0.15) is 42.4 Å². The molecule has 15 atom stereocenters. The van der Waals surface area contributed by atoms with Crippen molar-refractivity contribution in [3.8, 4) is 0 Å². The number of hydrogen-bond acceptors (Lipinski definition) is 15. The van der Waals surface area contributed by atoms with E-state index in [1.807, 2.05) is 4.57 Å². The summed E-state index contributed by atoms with van der Waals surface area (Å²) in [6.07, 6.45) is 6.38. The minimum Gasteiger partial charge on any atom is -0.410 e. The molecule has 3 aromatic rings. The second-order valence-electron chi connectivity index (χ2n) is 28.6. The Balaban J connectivity index is 0.000000189. The average molecular weight is 1280 g/mol. The quantitative estimate of drug-likeness (QED) is 0.0335. The molecule has 25 heteroatoms. The Morgan fingerprint density at radius 2 is 1.13 bits per heavy atom. The first-order chi connectivity index (χ1) is 38.8. The van der Waals surface area contributed by atoms with Gasteiger partial charge < -0.3 is 48.4 Å². The van der Waals surface area contributed by atoms with Gasteiger partial charge in [-0.15, -0.1) is 0 Å². The Hall–Kier alpha value is -2.85. The maximum Gasteiger partial charge on any atom is 0.318 e. The van der Waals surface area contributed by atoms with Crippen LogP contribution in [0.3, 0.4) is 0 Å². The number of hydrogen-bond donors (Lipinski definition) is 3. The molecule has 0 saturated heterocycles. The number of amides is 1. The number of nitrogens with zero attached hydrogens (tertiary/aromatic N) is 6. The molecule has 3 aromatic heterocycles. The molecule has 4 N–H and O–H groups in total. The van der Waals surface area contributed by atoms with E-state index < -0.39 is 68.1 Å². The summed E-state index contributed by atoms with van der Waals surface area (Å²) in [5, 5.41) is 6.31. The van der Waals surface area contributed by atoms with Gasteiger partial charge in [-0.1, -0.05) is 106 Å². The van der Waals surface area contributed by atoms with Gasteiger partial charge in [0.15, 0.2) is 46.7 Å². The SMILES string of the molecule is CCOC(OCC)OC(C)=O.CC[C@@]12C[C@@H]1[C@@H](N)[C@H](F)[C@@H]2O[Si](C)(C)C(C)(C)C.CC[C@@]12C[C@@H]1[C@@H](Nc1ncnc(Cl)c1NC=O)[C@H](F)[C@@H]2O[Si](C)(C)C(C)(C)C.CC[C@@]12C[C@@H]1[C@@H](n1cnc3c(Cl)ncnc31)[C@H](F)[C@@H]2O[Si](C)(C)C(C)(C)C. The highest BCUT2D eigenvalue weighted by atomic mass is 35.5. The van der Waals surface area contributed by atoms with E-state index in [4.69, 9.17) is 51.7 Å². The highest BCUT2D eigenvalue weighted by molar-refractivity contribution is 6.75. The monoisotopic (exact) mass is 1270 g/mol. The summed E-state index contributed by atoms with van der Waals surface area (Å²) in [5.74, 6) is 0.701. The second-order valence-corrected chi connectivity index (χ2v) is 43.6. The first-order valence-corrected chi connectivity index (χ1v) is 39.7. The Bertz CT molecular complexity index is 2750. The molecule has 3 heterocycles. The van der Waals surface area contributed by atoms with Gasteiger partial charge in [-0.25, -0.2) is 38.1 Å². The number of carbonyl (C=O) groups excluding carboxylic acids is 2. The smallest absolute Gasteiger partial charge is 0.318 e. The third kappa shape index (κ3) is 13.8. The van der Waals surface area contributed by atoms with E-state index >= 15 is 8.78 Å². The van der Waals surface area contributed by atoms with E-state index in [-0.39, 0.29) is 78.3 Å². The molecule has 0 spiro atoms. The molecule has 6 saturated carbocycles. The zero-order valence-corrected chi connectivity index (χ0v) is 58.4. The van der Waals surface area contributed by atoms with E-state index in [0.717, 1.165) is 38.5 Å². The van der Waals surface area contributed by atoms with E-state index in [9.17, 15) is 14.0 Å². The zero-order valence-electron chi connectivity index (χ0n) is 53.9. The van der Waals surface area contributed by atoms with Crippen LogP contribution in [0, 0.1) is 34.0 Å². The molecule has 0 unspecified atom stereocenters. The number of anilines is 2. The van der Waals surface area contributed by atoms with Gasteiger partial charge >= 0.3 is 12.4 Å². The van der Waals surface area contributed by atoms with Gasteiger partial charge in [-0.05, 0) is 125 Å². The molecule has 84 heavy (non-hydrogen) atoms. The molecule has 9 rings (SSSR count). The predicted molar refractivity (Wildman–Crippen MR) is 334 cm³/mol. The number of rotatable bonds is 19. The zero-order chi connectivity index (χ0) is 63.3. The largest absolute Gasteiger partial charge is 0.410 e. The molecule has 17 nitrogen and oxygen atoms in total. The topological polar surface area (TPSA) is 209 Å². The number of carbonyl (C=O) groups is 2. The highest BCUT2D eigenvalue weighted by Crippen LogP contribution is 2.72. The van der Waals surface area contributed by atoms with Crippen molar-refractivity contribution in [3.63, 3.8) is 0 Å².